The minimum atomic E-state index is 0.0237. The van der Waals surface area contributed by atoms with E-state index in [1.807, 2.05) is 12.1 Å². The second kappa shape index (κ2) is 3.80. The summed E-state index contributed by atoms with van der Waals surface area (Å²) in [5.74, 6) is 1.52. The molecule has 0 amide bonds. The number of halogens is 2. The van der Waals surface area contributed by atoms with E-state index in [0.717, 1.165) is 29.4 Å². The highest BCUT2D eigenvalue weighted by molar-refractivity contribution is 6.31. The van der Waals surface area contributed by atoms with Crippen LogP contribution in [0.25, 0.3) is 0 Å². The minimum Gasteiger partial charge on any atom is -0.493 e. The van der Waals surface area contributed by atoms with Gasteiger partial charge >= 0.3 is 0 Å². The Morgan fingerprint density at radius 2 is 2.12 bits per heavy atom. The van der Waals surface area contributed by atoms with E-state index in [1.54, 1.807) is 0 Å². The molecule has 2 aliphatic rings. The van der Waals surface area contributed by atoms with Gasteiger partial charge in [-0.25, -0.2) is 0 Å². The number of hydrogen-bond donors (Lipinski definition) is 0. The lowest BCUT2D eigenvalue weighted by Crippen LogP contribution is -2.01. The van der Waals surface area contributed by atoms with Crippen LogP contribution < -0.4 is 4.74 Å². The normalized spacial score (nSPS) is 26.2. The summed E-state index contributed by atoms with van der Waals surface area (Å²) in [6.45, 7) is 5.28. The second-order valence-electron chi connectivity index (χ2n) is 5.78. The van der Waals surface area contributed by atoms with Crippen molar-refractivity contribution in [3.8, 4) is 5.75 Å². The number of alkyl halides is 1. The summed E-state index contributed by atoms with van der Waals surface area (Å²) in [4.78, 5) is 0. The Bertz CT molecular complexity index is 468. The fraction of sp³-hybridized carbons (Fsp3) is 0.571. The first-order valence-corrected chi connectivity index (χ1v) is 6.90. The lowest BCUT2D eigenvalue weighted by molar-refractivity contribution is 0.351. The summed E-state index contributed by atoms with van der Waals surface area (Å²) >= 11 is 12.8. The average molecular weight is 271 g/mol. The summed E-state index contributed by atoms with van der Waals surface area (Å²) < 4.78 is 5.71. The van der Waals surface area contributed by atoms with Crippen molar-refractivity contribution in [1.29, 1.82) is 0 Å². The molecule has 2 atom stereocenters. The fourth-order valence-electron chi connectivity index (χ4n) is 2.73. The summed E-state index contributed by atoms with van der Waals surface area (Å²) in [6, 6.07) is 3.97. The first kappa shape index (κ1) is 11.7. The first-order valence-electron chi connectivity index (χ1n) is 6.08. The van der Waals surface area contributed by atoms with Crippen LogP contribution in [-0.4, -0.2) is 6.61 Å². The minimum absolute atomic E-state index is 0.0237. The Morgan fingerprint density at radius 1 is 1.41 bits per heavy atom. The predicted molar refractivity (Wildman–Crippen MR) is 71.1 cm³/mol. The lowest BCUT2D eigenvalue weighted by atomic mass is 9.99. The van der Waals surface area contributed by atoms with Crippen LogP contribution in [-0.2, 0) is 6.42 Å². The van der Waals surface area contributed by atoms with Crippen LogP contribution >= 0.6 is 23.2 Å². The molecule has 3 rings (SSSR count). The van der Waals surface area contributed by atoms with Gasteiger partial charge in [0, 0.05) is 17.0 Å². The topological polar surface area (TPSA) is 9.23 Å². The molecule has 0 spiro atoms. The first-order chi connectivity index (χ1) is 7.99. The third-order valence-corrected chi connectivity index (χ3v) is 4.77. The van der Waals surface area contributed by atoms with Crippen molar-refractivity contribution in [2.45, 2.75) is 32.1 Å². The van der Waals surface area contributed by atoms with Crippen LogP contribution in [0.5, 0.6) is 5.75 Å². The number of benzene rings is 1. The van der Waals surface area contributed by atoms with Crippen LogP contribution in [0.15, 0.2) is 12.1 Å². The van der Waals surface area contributed by atoms with Gasteiger partial charge in [0.25, 0.3) is 0 Å². The quantitative estimate of drug-likeness (QED) is 0.714. The molecular formula is C14H16Cl2O. The number of hydrogen-bond acceptors (Lipinski definition) is 1. The van der Waals surface area contributed by atoms with Crippen LogP contribution in [0.1, 0.15) is 36.8 Å². The zero-order chi connectivity index (χ0) is 12.2. The van der Waals surface area contributed by atoms with Crippen LogP contribution in [0, 0.1) is 11.3 Å². The fourth-order valence-corrected chi connectivity index (χ4v) is 3.57. The molecular weight excluding hydrogens is 255 g/mol. The Morgan fingerprint density at radius 3 is 2.76 bits per heavy atom. The molecule has 1 fully saturated rings. The second-order valence-corrected chi connectivity index (χ2v) is 6.69. The molecule has 17 heavy (non-hydrogen) atoms. The number of ether oxygens (including phenoxy) is 1. The molecule has 0 bridgehead atoms. The molecule has 0 N–H and O–H groups in total. The molecule has 1 aromatic rings. The molecule has 0 aromatic heterocycles. The molecule has 2 unspecified atom stereocenters. The van der Waals surface area contributed by atoms with Crippen molar-refractivity contribution in [3.05, 3.63) is 28.3 Å². The highest BCUT2D eigenvalue weighted by atomic mass is 35.5. The highest BCUT2D eigenvalue weighted by Gasteiger charge is 2.50. The van der Waals surface area contributed by atoms with Gasteiger partial charge in [0.1, 0.15) is 5.75 Å². The molecule has 3 heteroatoms. The largest absolute Gasteiger partial charge is 0.493 e. The highest BCUT2D eigenvalue weighted by Crippen LogP contribution is 2.61. The maximum absolute atomic E-state index is 6.61. The van der Waals surface area contributed by atoms with Crippen LogP contribution in [0.4, 0.5) is 0 Å². The summed E-state index contributed by atoms with van der Waals surface area (Å²) in [5.41, 5.74) is 2.65. The molecule has 1 aliphatic carbocycles. The van der Waals surface area contributed by atoms with Crippen LogP contribution in [0.2, 0.25) is 5.02 Å². The molecule has 0 radical (unpaired) electrons. The molecule has 1 heterocycles. The smallest absolute Gasteiger partial charge is 0.127 e. The van der Waals surface area contributed by atoms with Gasteiger partial charge < -0.3 is 4.74 Å². The molecule has 92 valence electrons. The van der Waals surface area contributed by atoms with Gasteiger partial charge in [0.2, 0.25) is 0 Å². The van der Waals surface area contributed by atoms with Gasteiger partial charge in [-0.15, -0.1) is 11.6 Å². The van der Waals surface area contributed by atoms with Crippen molar-refractivity contribution in [1.82, 2.24) is 0 Å². The van der Waals surface area contributed by atoms with Gasteiger partial charge in [0.05, 0.1) is 12.0 Å². The van der Waals surface area contributed by atoms with Gasteiger partial charge in [-0.1, -0.05) is 25.4 Å². The maximum atomic E-state index is 6.61. The van der Waals surface area contributed by atoms with E-state index in [4.69, 9.17) is 27.9 Å². The zero-order valence-electron chi connectivity index (χ0n) is 10.1. The van der Waals surface area contributed by atoms with Crippen molar-refractivity contribution in [3.63, 3.8) is 0 Å². The third kappa shape index (κ3) is 1.94. The lowest BCUT2D eigenvalue weighted by Gasteiger charge is -2.15. The Balaban J connectivity index is 1.98. The Kier molecular flexibility index (Phi) is 2.61. The summed E-state index contributed by atoms with van der Waals surface area (Å²) in [5, 5.41) is 0.795. The van der Waals surface area contributed by atoms with Crippen molar-refractivity contribution < 1.29 is 4.74 Å². The monoisotopic (exact) mass is 270 g/mol. The number of rotatable bonds is 2. The Labute approximate surface area is 112 Å². The summed E-state index contributed by atoms with van der Waals surface area (Å²) in [7, 11) is 0. The van der Waals surface area contributed by atoms with Gasteiger partial charge in [0.15, 0.2) is 0 Å². The van der Waals surface area contributed by atoms with Gasteiger partial charge in [-0.05, 0) is 35.4 Å². The predicted octanol–water partition coefficient (Wildman–Crippen LogP) is 4.60. The van der Waals surface area contributed by atoms with Crippen molar-refractivity contribution >= 4 is 23.2 Å². The molecule has 1 saturated carbocycles. The van der Waals surface area contributed by atoms with E-state index < -0.39 is 0 Å². The number of fused-ring (bicyclic) bond motifs is 1. The van der Waals surface area contributed by atoms with Gasteiger partial charge in [-0.3, -0.25) is 0 Å². The molecule has 0 saturated heterocycles. The molecule has 1 nitrogen and oxygen atoms in total. The maximum Gasteiger partial charge on any atom is 0.127 e. The third-order valence-electron chi connectivity index (χ3n) is 4.02. The zero-order valence-corrected chi connectivity index (χ0v) is 11.6. The van der Waals surface area contributed by atoms with E-state index in [0.29, 0.717) is 11.3 Å². The van der Waals surface area contributed by atoms with E-state index in [1.165, 1.54) is 12.0 Å². The SMILES string of the molecule is CC1(C)CC1C(Cl)c1cc(Cl)cc2c1OCC2. The van der Waals surface area contributed by atoms with E-state index in [-0.39, 0.29) is 5.38 Å². The Hall–Kier alpha value is -0.400. The van der Waals surface area contributed by atoms with E-state index >= 15 is 0 Å². The van der Waals surface area contributed by atoms with E-state index in [2.05, 4.69) is 13.8 Å². The van der Waals surface area contributed by atoms with E-state index in [9.17, 15) is 0 Å². The van der Waals surface area contributed by atoms with Gasteiger partial charge in [-0.2, -0.15) is 0 Å². The van der Waals surface area contributed by atoms with Crippen molar-refractivity contribution in [2.75, 3.05) is 6.61 Å². The van der Waals surface area contributed by atoms with Crippen LogP contribution in [0.3, 0.4) is 0 Å². The standard InChI is InChI=1S/C14H16Cl2O/c1-14(2)7-11(14)12(16)10-6-9(15)5-8-3-4-17-13(8)10/h5-6,11-12H,3-4,7H2,1-2H3. The molecule has 1 aliphatic heterocycles. The average Bonchev–Trinajstić information content (AvgIpc) is 2.71. The van der Waals surface area contributed by atoms with Crippen molar-refractivity contribution in [2.24, 2.45) is 11.3 Å². The summed E-state index contributed by atoms with van der Waals surface area (Å²) in [6.07, 6.45) is 2.13. The molecule has 1 aromatic carbocycles.